The van der Waals surface area contributed by atoms with Crippen LogP contribution in [0.2, 0.25) is 0 Å². The average molecular weight is 409 g/mol. The number of aliphatic hydroxyl groups excluding tert-OH is 1. The fraction of sp³-hybridized carbons (Fsp3) is 0.360. The SMILES string of the molecule is COCCN(Cc1cccn1Cc1ccccc1)CC(O)COCc1ccccc1. The van der Waals surface area contributed by atoms with Crippen molar-refractivity contribution in [2.24, 2.45) is 0 Å². The first kappa shape index (κ1) is 22.2. The maximum Gasteiger partial charge on any atom is 0.0900 e. The number of hydrogen-bond donors (Lipinski definition) is 1. The van der Waals surface area contributed by atoms with Gasteiger partial charge in [0.05, 0.1) is 25.9 Å². The Labute approximate surface area is 179 Å². The molecule has 0 aliphatic carbocycles. The summed E-state index contributed by atoms with van der Waals surface area (Å²) < 4.78 is 13.2. The predicted octanol–water partition coefficient (Wildman–Crippen LogP) is 3.56. The van der Waals surface area contributed by atoms with Gasteiger partial charge in [-0.25, -0.2) is 0 Å². The summed E-state index contributed by atoms with van der Waals surface area (Å²) in [6.45, 7) is 4.32. The lowest BCUT2D eigenvalue weighted by atomic mass is 10.2. The Bertz CT molecular complexity index is 836. The van der Waals surface area contributed by atoms with Crippen molar-refractivity contribution < 1.29 is 14.6 Å². The van der Waals surface area contributed by atoms with E-state index in [1.807, 2.05) is 36.4 Å². The topological polar surface area (TPSA) is 46.9 Å². The van der Waals surface area contributed by atoms with Gasteiger partial charge in [-0.2, -0.15) is 0 Å². The molecule has 0 aliphatic rings. The van der Waals surface area contributed by atoms with E-state index in [1.54, 1.807) is 7.11 Å². The molecule has 0 saturated heterocycles. The number of aromatic nitrogens is 1. The predicted molar refractivity (Wildman–Crippen MR) is 119 cm³/mol. The van der Waals surface area contributed by atoms with Crippen molar-refractivity contribution >= 4 is 0 Å². The van der Waals surface area contributed by atoms with E-state index < -0.39 is 6.10 Å². The lowest BCUT2D eigenvalue weighted by Crippen LogP contribution is -2.37. The van der Waals surface area contributed by atoms with Crippen LogP contribution in [0.1, 0.15) is 16.8 Å². The summed E-state index contributed by atoms with van der Waals surface area (Å²) in [6, 6.07) is 24.7. The number of rotatable bonds is 13. The highest BCUT2D eigenvalue weighted by atomic mass is 16.5. The Kier molecular flexibility index (Phi) is 9.12. The molecule has 0 bridgehead atoms. The normalized spacial score (nSPS) is 12.4. The Morgan fingerprint density at radius 1 is 0.933 bits per heavy atom. The summed E-state index contributed by atoms with van der Waals surface area (Å²) in [5.41, 5.74) is 3.60. The maximum atomic E-state index is 10.5. The van der Waals surface area contributed by atoms with E-state index in [4.69, 9.17) is 9.47 Å². The van der Waals surface area contributed by atoms with Gasteiger partial charge in [-0.1, -0.05) is 60.7 Å². The van der Waals surface area contributed by atoms with Crippen LogP contribution < -0.4 is 0 Å². The number of benzene rings is 2. The van der Waals surface area contributed by atoms with Crippen molar-refractivity contribution in [2.45, 2.75) is 25.8 Å². The second-order valence-corrected chi connectivity index (χ2v) is 7.50. The zero-order chi connectivity index (χ0) is 21.0. The van der Waals surface area contributed by atoms with Crippen molar-refractivity contribution in [3.8, 4) is 0 Å². The van der Waals surface area contributed by atoms with Crippen molar-refractivity contribution in [3.63, 3.8) is 0 Å². The third-order valence-corrected chi connectivity index (χ3v) is 5.01. The van der Waals surface area contributed by atoms with E-state index in [0.29, 0.717) is 26.4 Å². The van der Waals surface area contributed by atoms with Crippen molar-refractivity contribution in [3.05, 3.63) is 95.8 Å². The fourth-order valence-electron chi connectivity index (χ4n) is 3.45. The molecule has 3 aromatic rings. The number of methoxy groups -OCH3 is 1. The summed E-state index contributed by atoms with van der Waals surface area (Å²) in [5.74, 6) is 0. The van der Waals surface area contributed by atoms with Crippen LogP contribution in [0.3, 0.4) is 0 Å². The van der Waals surface area contributed by atoms with Gasteiger partial charge in [0.1, 0.15) is 0 Å². The summed E-state index contributed by atoms with van der Waals surface area (Å²) in [6.07, 6.45) is 1.55. The molecule has 2 aromatic carbocycles. The standard InChI is InChI=1S/C25H32N2O3/c1-29-16-15-26(19-25(28)21-30-20-23-11-6-3-7-12-23)18-24-13-8-14-27(24)17-22-9-4-2-5-10-22/h2-14,25,28H,15-21H2,1H3. The minimum absolute atomic E-state index is 0.309. The lowest BCUT2D eigenvalue weighted by Gasteiger charge is -2.25. The molecule has 160 valence electrons. The van der Waals surface area contributed by atoms with Gasteiger partial charge in [0.2, 0.25) is 0 Å². The van der Waals surface area contributed by atoms with Crippen LogP contribution in [0.25, 0.3) is 0 Å². The zero-order valence-electron chi connectivity index (χ0n) is 17.7. The van der Waals surface area contributed by atoms with E-state index >= 15 is 0 Å². The Morgan fingerprint density at radius 3 is 2.33 bits per heavy atom. The van der Waals surface area contributed by atoms with E-state index in [2.05, 4.69) is 52.1 Å². The van der Waals surface area contributed by atoms with Gasteiger partial charge in [-0.3, -0.25) is 4.90 Å². The summed E-state index contributed by atoms with van der Waals surface area (Å²) in [7, 11) is 1.70. The third-order valence-electron chi connectivity index (χ3n) is 5.01. The molecule has 1 aromatic heterocycles. The third kappa shape index (κ3) is 7.43. The van der Waals surface area contributed by atoms with E-state index in [9.17, 15) is 5.11 Å². The molecule has 0 spiro atoms. The largest absolute Gasteiger partial charge is 0.389 e. The molecule has 30 heavy (non-hydrogen) atoms. The minimum Gasteiger partial charge on any atom is -0.389 e. The van der Waals surface area contributed by atoms with Crippen LogP contribution >= 0.6 is 0 Å². The molecule has 0 amide bonds. The molecule has 1 atom stereocenters. The van der Waals surface area contributed by atoms with Crippen LogP contribution in [0.5, 0.6) is 0 Å². The molecular weight excluding hydrogens is 376 g/mol. The van der Waals surface area contributed by atoms with E-state index in [-0.39, 0.29) is 0 Å². The molecule has 5 nitrogen and oxygen atoms in total. The Morgan fingerprint density at radius 2 is 1.63 bits per heavy atom. The second kappa shape index (κ2) is 12.3. The fourth-order valence-corrected chi connectivity index (χ4v) is 3.45. The molecule has 0 saturated carbocycles. The molecule has 0 aliphatic heterocycles. The Balaban J connectivity index is 1.53. The van der Waals surface area contributed by atoms with Gasteiger partial charge < -0.3 is 19.1 Å². The van der Waals surface area contributed by atoms with Crippen LogP contribution in [0.15, 0.2) is 79.0 Å². The molecule has 1 unspecified atom stereocenters. The highest BCUT2D eigenvalue weighted by Gasteiger charge is 2.14. The first-order chi connectivity index (χ1) is 14.7. The first-order valence-corrected chi connectivity index (χ1v) is 10.4. The number of ether oxygens (including phenoxy) is 2. The van der Waals surface area contributed by atoms with Gasteiger partial charge in [0, 0.05) is 45.2 Å². The average Bonchev–Trinajstić information content (AvgIpc) is 3.20. The van der Waals surface area contributed by atoms with Gasteiger partial charge in [-0.15, -0.1) is 0 Å². The molecule has 5 heteroatoms. The zero-order valence-corrected chi connectivity index (χ0v) is 17.7. The molecular formula is C25H32N2O3. The second-order valence-electron chi connectivity index (χ2n) is 7.50. The summed E-state index contributed by atoms with van der Waals surface area (Å²) in [4.78, 5) is 2.22. The van der Waals surface area contributed by atoms with Crippen LogP contribution in [-0.2, 0) is 29.2 Å². The smallest absolute Gasteiger partial charge is 0.0900 e. The van der Waals surface area contributed by atoms with Crippen LogP contribution in [0.4, 0.5) is 0 Å². The number of hydrogen-bond acceptors (Lipinski definition) is 4. The molecule has 1 heterocycles. The monoisotopic (exact) mass is 408 g/mol. The van der Waals surface area contributed by atoms with Gasteiger partial charge in [0.15, 0.2) is 0 Å². The summed E-state index contributed by atoms with van der Waals surface area (Å²) in [5, 5.41) is 10.5. The van der Waals surface area contributed by atoms with Gasteiger partial charge in [-0.05, 0) is 23.3 Å². The highest BCUT2D eigenvalue weighted by Crippen LogP contribution is 2.11. The quantitative estimate of drug-likeness (QED) is 0.470. The van der Waals surface area contributed by atoms with Crippen LogP contribution in [0, 0.1) is 0 Å². The minimum atomic E-state index is -0.553. The summed E-state index contributed by atoms with van der Waals surface area (Å²) >= 11 is 0. The van der Waals surface area contributed by atoms with Crippen molar-refractivity contribution in [2.75, 3.05) is 33.4 Å². The van der Waals surface area contributed by atoms with Gasteiger partial charge >= 0.3 is 0 Å². The van der Waals surface area contributed by atoms with Gasteiger partial charge in [0.25, 0.3) is 0 Å². The van der Waals surface area contributed by atoms with Crippen molar-refractivity contribution in [1.82, 2.24) is 9.47 Å². The molecule has 0 fully saturated rings. The maximum absolute atomic E-state index is 10.5. The molecule has 1 N–H and O–H groups in total. The number of aliphatic hydroxyl groups is 1. The lowest BCUT2D eigenvalue weighted by molar-refractivity contribution is 0.00443. The van der Waals surface area contributed by atoms with E-state index in [1.165, 1.54) is 11.3 Å². The first-order valence-electron chi connectivity index (χ1n) is 10.4. The Hall–Kier alpha value is -2.44. The number of nitrogens with zero attached hydrogens (tertiary/aromatic N) is 2. The molecule has 0 radical (unpaired) electrons. The van der Waals surface area contributed by atoms with E-state index in [0.717, 1.165) is 25.2 Å². The highest BCUT2D eigenvalue weighted by molar-refractivity contribution is 5.18. The van der Waals surface area contributed by atoms with Crippen molar-refractivity contribution in [1.29, 1.82) is 0 Å². The molecule has 3 rings (SSSR count). The van der Waals surface area contributed by atoms with Crippen LogP contribution in [-0.4, -0.2) is 54.1 Å².